The van der Waals surface area contributed by atoms with Crippen molar-refractivity contribution in [2.45, 2.75) is 25.3 Å². The molecule has 0 bridgehead atoms. The van der Waals surface area contributed by atoms with Crippen LogP contribution in [0.5, 0.6) is 11.5 Å². The number of aryl methyl sites for hydroxylation is 1. The Morgan fingerprint density at radius 2 is 1.86 bits per heavy atom. The van der Waals surface area contributed by atoms with Crippen molar-refractivity contribution in [1.29, 1.82) is 0 Å². The Labute approximate surface area is 176 Å². The molecule has 148 valence electrons. The van der Waals surface area contributed by atoms with Gasteiger partial charge < -0.3 is 14.8 Å². The molecule has 0 saturated heterocycles. The Bertz CT molecular complexity index is 1010. The van der Waals surface area contributed by atoms with Gasteiger partial charge in [-0.3, -0.25) is 0 Å². The molecule has 3 nitrogen and oxygen atoms in total. The summed E-state index contributed by atoms with van der Waals surface area (Å²) < 4.78 is 11.9. The van der Waals surface area contributed by atoms with E-state index in [0.717, 1.165) is 23.6 Å². The van der Waals surface area contributed by atoms with E-state index in [9.17, 15) is 0 Å². The number of para-hydroxylation sites is 2. The van der Waals surface area contributed by atoms with Gasteiger partial charge in [0, 0.05) is 10.8 Å². The number of ether oxygens (including phenoxy) is 2. The first-order chi connectivity index (χ1) is 14.3. The summed E-state index contributed by atoms with van der Waals surface area (Å²) in [5.41, 5.74) is 3.85. The first-order valence-electron chi connectivity index (χ1n) is 10.2. The van der Waals surface area contributed by atoms with Crippen LogP contribution in [0.3, 0.4) is 0 Å². The third-order valence-corrected chi connectivity index (χ3v) is 7.00. The minimum atomic E-state index is 0.327. The number of anilines is 1. The Kier molecular flexibility index (Phi) is 5.03. The van der Waals surface area contributed by atoms with Crippen LogP contribution >= 0.6 is 11.3 Å². The molecule has 1 aliphatic heterocycles. The smallest absolute Gasteiger partial charge is 0.142 e. The van der Waals surface area contributed by atoms with Crippen LogP contribution < -0.4 is 14.8 Å². The second kappa shape index (κ2) is 7.96. The van der Waals surface area contributed by atoms with Gasteiger partial charge in [-0.25, -0.2) is 0 Å². The summed E-state index contributed by atoms with van der Waals surface area (Å²) in [7, 11) is 0. The van der Waals surface area contributed by atoms with E-state index in [-0.39, 0.29) is 0 Å². The molecule has 5 rings (SSSR count). The van der Waals surface area contributed by atoms with E-state index in [1.807, 2.05) is 41.7 Å². The van der Waals surface area contributed by atoms with Crippen molar-refractivity contribution in [3.05, 3.63) is 88.1 Å². The molecule has 0 amide bonds. The van der Waals surface area contributed by atoms with Crippen molar-refractivity contribution in [1.82, 2.24) is 0 Å². The Hall–Kier alpha value is -2.72. The Balaban J connectivity index is 1.36. The van der Waals surface area contributed by atoms with Crippen molar-refractivity contribution < 1.29 is 9.47 Å². The molecule has 3 unspecified atom stereocenters. The molecule has 2 heterocycles. The lowest BCUT2D eigenvalue weighted by Gasteiger charge is -2.38. The van der Waals surface area contributed by atoms with Crippen LogP contribution in [0.25, 0.3) is 0 Å². The summed E-state index contributed by atoms with van der Waals surface area (Å²) in [5, 5.41) is 6.04. The van der Waals surface area contributed by atoms with Crippen LogP contribution in [0.15, 0.2) is 72.1 Å². The van der Waals surface area contributed by atoms with Crippen LogP contribution in [0, 0.1) is 12.8 Å². The van der Waals surface area contributed by atoms with Crippen molar-refractivity contribution in [3.8, 4) is 11.5 Å². The fraction of sp³-hybridized carbons (Fsp3) is 0.280. The maximum Gasteiger partial charge on any atom is 0.142 e. The van der Waals surface area contributed by atoms with Gasteiger partial charge in [0.05, 0.1) is 11.7 Å². The first-order valence-corrected chi connectivity index (χ1v) is 11.1. The molecule has 0 saturated carbocycles. The van der Waals surface area contributed by atoms with Gasteiger partial charge in [-0.1, -0.05) is 42.5 Å². The quantitative estimate of drug-likeness (QED) is 0.385. The molecule has 3 atom stereocenters. The van der Waals surface area contributed by atoms with Gasteiger partial charge in [0.2, 0.25) is 0 Å². The topological polar surface area (TPSA) is 30.5 Å². The van der Waals surface area contributed by atoms with Gasteiger partial charge in [-0.05, 0) is 60.0 Å². The van der Waals surface area contributed by atoms with E-state index in [1.165, 1.54) is 16.0 Å². The number of rotatable bonds is 6. The zero-order valence-corrected chi connectivity index (χ0v) is 17.3. The number of benzene rings is 2. The van der Waals surface area contributed by atoms with Gasteiger partial charge >= 0.3 is 0 Å². The predicted molar refractivity (Wildman–Crippen MR) is 119 cm³/mol. The maximum absolute atomic E-state index is 6.16. The van der Waals surface area contributed by atoms with E-state index in [1.54, 1.807) is 0 Å². The molecule has 0 radical (unpaired) electrons. The second-order valence-corrected chi connectivity index (χ2v) is 8.62. The Morgan fingerprint density at radius 3 is 2.69 bits per heavy atom. The predicted octanol–water partition coefficient (Wildman–Crippen LogP) is 6.34. The summed E-state index contributed by atoms with van der Waals surface area (Å²) in [5.74, 6) is 2.80. The molecule has 4 heteroatoms. The summed E-state index contributed by atoms with van der Waals surface area (Å²) in [4.78, 5) is 1.44. The first kappa shape index (κ1) is 18.3. The summed E-state index contributed by atoms with van der Waals surface area (Å²) >= 11 is 1.85. The fourth-order valence-corrected chi connectivity index (χ4v) is 5.56. The monoisotopic (exact) mass is 403 g/mol. The van der Waals surface area contributed by atoms with E-state index < -0.39 is 0 Å². The van der Waals surface area contributed by atoms with Gasteiger partial charge in [0.15, 0.2) is 0 Å². The standard InChI is InChI=1S/C25H25NO2S/c1-17-13-16-29-25(17)24-21-10-5-9-19(21)20-11-6-12-22(23(20)26-24)28-15-14-27-18-7-3-2-4-8-18/h2-9,11-13,16,19,21,24,26H,10,14-15H2,1H3. The molecule has 3 aromatic rings. The number of hydrogen-bond acceptors (Lipinski definition) is 4. The van der Waals surface area contributed by atoms with Crippen molar-refractivity contribution in [2.75, 3.05) is 18.5 Å². The van der Waals surface area contributed by atoms with Gasteiger partial charge in [0.25, 0.3) is 0 Å². The zero-order valence-electron chi connectivity index (χ0n) is 16.5. The lowest BCUT2D eigenvalue weighted by Crippen LogP contribution is -2.29. The van der Waals surface area contributed by atoms with Gasteiger partial charge in [-0.15, -0.1) is 11.3 Å². The molecule has 1 aliphatic carbocycles. The highest BCUT2D eigenvalue weighted by atomic mass is 32.1. The fourth-order valence-electron chi connectivity index (χ4n) is 4.50. The third kappa shape index (κ3) is 3.53. The third-order valence-electron chi connectivity index (χ3n) is 5.90. The van der Waals surface area contributed by atoms with E-state index in [0.29, 0.717) is 31.1 Å². The zero-order chi connectivity index (χ0) is 19.6. The number of fused-ring (bicyclic) bond motifs is 3. The van der Waals surface area contributed by atoms with E-state index in [4.69, 9.17) is 9.47 Å². The summed E-state index contributed by atoms with van der Waals surface area (Å²) in [6, 6.07) is 18.8. The molecular formula is C25H25NO2S. The molecule has 2 aromatic carbocycles. The molecule has 0 spiro atoms. The minimum Gasteiger partial charge on any atom is -0.490 e. The number of thiophene rings is 1. The molecule has 1 N–H and O–H groups in total. The van der Waals surface area contributed by atoms with Crippen LogP contribution in [-0.2, 0) is 0 Å². The highest BCUT2D eigenvalue weighted by molar-refractivity contribution is 7.10. The van der Waals surface area contributed by atoms with Crippen molar-refractivity contribution in [2.24, 2.45) is 5.92 Å². The maximum atomic E-state index is 6.16. The molecular weight excluding hydrogens is 378 g/mol. The van der Waals surface area contributed by atoms with E-state index >= 15 is 0 Å². The number of hydrogen-bond donors (Lipinski definition) is 1. The second-order valence-electron chi connectivity index (χ2n) is 7.67. The van der Waals surface area contributed by atoms with Crippen LogP contribution in [-0.4, -0.2) is 13.2 Å². The van der Waals surface area contributed by atoms with Gasteiger partial charge in [-0.2, -0.15) is 0 Å². The van der Waals surface area contributed by atoms with Crippen LogP contribution in [0.1, 0.15) is 34.4 Å². The van der Waals surface area contributed by atoms with Crippen LogP contribution in [0.4, 0.5) is 5.69 Å². The summed E-state index contributed by atoms with van der Waals surface area (Å²) in [6.07, 6.45) is 5.83. The van der Waals surface area contributed by atoms with Crippen molar-refractivity contribution >= 4 is 17.0 Å². The largest absolute Gasteiger partial charge is 0.490 e. The average Bonchev–Trinajstić information content (AvgIpc) is 3.41. The molecule has 0 fully saturated rings. The Morgan fingerprint density at radius 1 is 1.00 bits per heavy atom. The lowest BCUT2D eigenvalue weighted by molar-refractivity contribution is 0.217. The van der Waals surface area contributed by atoms with E-state index in [2.05, 4.69) is 54.0 Å². The highest BCUT2D eigenvalue weighted by Crippen LogP contribution is 2.53. The molecule has 1 aromatic heterocycles. The van der Waals surface area contributed by atoms with Gasteiger partial charge in [0.1, 0.15) is 24.7 Å². The SMILES string of the molecule is Cc1ccsc1C1Nc2c(OCCOc3ccccc3)cccc2C2C=CCC21. The average molecular weight is 404 g/mol. The van der Waals surface area contributed by atoms with Crippen molar-refractivity contribution in [3.63, 3.8) is 0 Å². The number of nitrogens with one attached hydrogen (secondary N) is 1. The minimum absolute atomic E-state index is 0.327. The summed E-state index contributed by atoms with van der Waals surface area (Å²) in [6.45, 7) is 3.25. The lowest BCUT2D eigenvalue weighted by atomic mass is 9.78. The highest BCUT2D eigenvalue weighted by Gasteiger charge is 2.39. The molecule has 2 aliphatic rings. The number of allylic oxidation sites excluding steroid dienone is 2. The molecule has 29 heavy (non-hydrogen) atoms. The normalized spacial score (nSPS) is 21.9. The van der Waals surface area contributed by atoms with Crippen LogP contribution in [0.2, 0.25) is 0 Å².